The van der Waals surface area contributed by atoms with E-state index in [-0.39, 0.29) is 23.4 Å². The van der Waals surface area contributed by atoms with E-state index in [1.165, 1.54) is 23.9 Å². The topological polar surface area (TPSA) is 94.3 Å². The number of halogens is 2. The molecule has 0 spiro atoms. The summed E-state index contributed by atoms with van der Waals surface area (Å²) in [5.74, 6) is -3.98. The first-order chi connectivity index (χ1) is 13.8. The molecule has 0 aliphatic heterocycles. The van der Waals surface area contributed by atoms with Gasteiger partial charge >= 0.3 is 0 Å². The molecule has 0 saturated heterocycles. The van der Waals surface area contributed by atoms with Gasteiger partial charge in [0.15, 0.2) is 17.3 Å². The number of carbonyl (C=O) groups is 3. The molecule has 29 heavy (non-hydrogen) atoms. The van der Waals surface area contributed by atoms with Crippen LogP contribution in [0.3, 0.4) is 0 Å². The zero-order chi connectivity index (χ0) is 21.1. The maximum Gasteiger partial charge on any atom is 0.281 e. The second-order valence-electron chi connectivity index (χ2n) is 6.60. The normalized spacial score (nSPS) is 20.3. The van der Waals surface area contributed by atoms with E-state index in [4.69, 9.17) is 23.2 Å². The monoisotopic (exact) mass is 451 g/mol. The molecule has 9 heteroatoms. The number of rotatable bonds is 6. The number of nitro benzene ring substituents is 1. The molecule has 0 bridgehead atoms. The first kappa shape index (κ1) is 21.5. The molecular formula is C20H15Cl2NO5S. The standard InChI is InChI=1S/C20H15Cl2NO5S/c21-12-6-7-14(15(10-12)23(27)28)19(26)18-16(24)8-11(9-17(18)25)20(22)29-13-4-2-1-3-5-13/h1-7,10-11,18,20H,8-9H2. The molecule has 1 fully saturated rings. The summed E-state index contributed by atoms with van der Waals surface area (Å²) >= 11 is 13.5. The first-order valence-electron chi connectivity index (χ1n) is 8.67. The van der Waals surface area contributed by atoms with Crippen molar-refractivity contribution in [1.29, 1.82) is 0 Å². The maximum absolute atomic E-state index is 12.8. The first-order valence-corrected chi connectivity index (χ1v) is 10.4. The van der Waals surface area contributed by atoms with Crippen LogP contribution in [0.5, 0.6) is 0 Å². The fourth-order valence-electron chi connectivity index (χ4n) is 3.23. The quantitative estimate of drug-likeness (QED) is 0.154. The number of nitrogens with zero attached hydrogens (tertiary/aromatic N) is 1. The van der Waals surface area contributed by atoms with E-state index in [1.54, 1.807) is 0 Å². The Morgan fingerprint density at radius 1 is 1.10 bits per heavy atom. The van der Waals surface area contributed by atoms with Gasteiger partial charge in [0.2, 0.25) is 0 Å². The highest BCUT2D eigenvalue weighted by Crippen LogP contribution is 2.39. The molecular weight excluding hydrogens is 437 g/mol. The predicted molar refractivity (Wildman–Crippen MR) is 111 cm³/mol. The molecule has 0 amide bonds. The van der Waals surface area contributed by atoms with Crippen LogP contribution in [0.15, 0.2) is 53.4 Å². The third-order valence-corrected chi connectivity index (χ3v) is 6.63. The van der Waals surface area contributed by atoms with Gasteiger partial charge in [0.25, 0.3) is 5.69 Å². The Morgan fingerprint density at radius 2 is 1.72 bits per heavy atom. The number of benzene rings is 2. The minimum absolute atomic E-state index is 0.0441. The maximum atomic E-state index is 12.8. The number of carbonyl (C=O) groups excluding carboxylic acids is 3. The number of hydrogen-bond donors (Lipinski definition) is 0. The molecule has 0 heterocycles. The number of Topliss-reactive ketones (excluding diaryl/α,β-unsaturated/α-hetero) is 3. The van der Waals surface area contributed by atoms with Crippen molar-refractivity contribution in [3.05, 3.63) is 69.2 Å². The average molecular weight is 452 g/mol. The van der Waals surface area contributed by atoms with E-state index < -0.39 is 44.5 Å². The van der Waals surface area contributed by atoms with Crippen molar-refractivity contribution in [3.63, 3.8) is 0 Å². The van der Waals surface area contributed by atoms with E-state index in [0.717, 1.165) is 11.0 Å². The van der Waals surface area contributed by atoms with Gasteiger partial charge in [-0.2, -0.15) is 0 Å². The fourth-order valence-corrected chi connectivity index (χ4v) is 4.84. The highest BCUT2D eigenvalue weighted by atomic mass is 35.5. The molecule has 1 atom stereocenters. The van der Waals surface area contributed by atoms with Crippen molar-refractivity contribution in [2.75, 3.05) is 0 Å². The van der Waals surface area contributed by atoms with Gasteiger partial charge in [0, 0.05) is 28.8 Å². The third kappa shape index (κ3) is 4.86. The molecule has 6 nitrogen and oxygen atoms in total. The molecule has 1 saturated carbocycles. The van der Waals surface area contributed by atoms with Crippen molar-refractivity contribution >= 4 is 58.0 Å². The van der Waals surface area contributed by atoms with Crippen LogP contribution in [-0.4, -0.2) is 27.0 Å². The van der Waals surface area contributed by atoms with Crippen LogP contribution in [0, 0.1) is 22.0 Å². The summed E-state index contributed by atoms with van der Waals surface area (Å²) in [5.41, 5.74) is -0.828. The molecule has 0 N–H and O–H groups in total. The highest BCUT2D eigenvalue weighted by molar-refractivity contribution is 8.01. The largest absolute Gasteiger partial charge is 0.298 e. The second kappa shape index (κ2) is 9.07. The molecule has 2 aromatic carbocycles. The number of hydrogen-bond acceptors (Lipinski definition) is 6. The van der Waals surface area contributed by atoms with E-state index in [9.17, 15) is 24.5 Å². The number of thioether (sulfide) groups is 1. The van der Waals surface area contributed by atoms with Crippen LogP contribution in [0.4, 0.5) is 5.69 Å². The van der Waals surface area contributed by atoms with Gasteiger partial charge in [-0.25, -0.2) is 0 Å². The molecule has 2 aromatic rings. The lowest BCUT2D eigenvalue weighted by Crippen LogP contribution is -2.40. The van der Waals surface area contributed by atoms with E-state index >= 15 is 0 Å². The summed E-state index contributed by atoms with van der Waals surface area (Å²) in [6, 6.07) is 12.8. The van der Waals surface area contributed by atoms with Gasteiger partial charge < -0.3 is 0 Å². The van der Waals surface area contributed by atoms with Gasteiger partial charge in [-0.1, -0.05) is 29.8 Å². The second-order valence-corrected chi connectivity index (χ2v) is 8.98. The average Bonchev–Trinajstić information content (AvgIpc) is 2.67. The zero-order valence-electron chi connectivity index (χ0n) is 14.9. The molecule has 1 aliphatic carbocycles. The van der Waals surface area contributed by atoms with Crippen LogP contribution < -0.4 is 0 Å². The van der Waals surface area contributed by atoms with Crippen molar-refractivity contribution in [2.24, 2.45) is 11.8 Å². The number of ketones is 3. The molecule has 3 rings (SSSR count). The highest BCUT2D eigenvalue weighted by Gasteiger charge is 2.44. The lowest BCUT2D eigenvalue weighted by Gasteiger charge is -2.28. The SMILES string of the molecule is O=C1CC(C(Cl)Sc2ccccc2)CC(=O)C1C(=O)c1ccc(Cl)cc1[N+](=O)[O-]. The zero-order valence-corrected chi connectivity index (χ0v) is 17.2. The van der Waals surface area contributed by atoms with E-state index in [1.807, 2.05) is 30.3 Å². The lowest BCUT2D eigenvalue weighted by atomic mass is 9.77. The van der Waals surface area contributed by atoms with Crippen molar-refractivity contribution < 1.29 is 19.3 Å². The smallest absolute Gasteiger partial charge is 0.281 e. The third-order valence-electron chi connectivity index (χ3n) is 4.62. The van der Waals surface area contributed by atoms with Crippen LogP contribution in [-0.2, 0) is 9.59 Å². The van der Waals surface area contributed by atoms with Crippen molar-refractivity contribution in [1.82, 2.24) is 0 Å². The summed E-state index contributed by atoms with van der Waals surface area (Å²) in [7, 11) is 0. The van der Waals surface area contributed by atoms with E-state index in [2.05, 4.69) is 0 Å². The van der Waals surface area contributed by atoms with E-state index in [0.29, 0.717) is 0 Å². The lowest BCUT2D eigenvalue weighted by molar-refractivity contribution is -0.385. The Morgan fingerprint density at radius 3 is 2.31 bits per heavy atom. The Labute approximate surface area is 180 Å². The minimum atomic E-state index is -1.54. The van der Waals surface area contributed by atoms with Crippen LogP contribution in [0.2, 0.25) is 5.02 Å². The number of alkyl halides is 1. The molecule has 150 valence electrons. The summed E-state index contributed by atoms with van der Waals surface area (Å²) in [6.45, 7) is 0. The van der Waals surface area contributed by atoms with Gasteiger partial charge in [-0.15, -0.1) is 23.4 Å². The molecule has 0 radical (unpaired) electrons. The number of nitro groups is 1. The summed E-state index contributed by atoms with van der Waals surface area (Å²) in [6.07, 6.45) is -0.0882. The van der Waals surface area contributed by atoms with Gasteiger partial charge in [0.1, 0.15) is 5.92 Å². The van der Waals surface area contributed by atoms with Gasteiger partial charge in [-0.3, -0.25) is 24.5 Å². The molecule has 0 aromatic heterocycles. The minimum Gasteiger partial charge on any atom is -0.298 e. The summed E-state index contributed by atoms with van der Waals surface area (Å²) in [5, 5.41) is 11.3. The van der Waals surface area contributed by atoms with Crippen LogP contribution >= 0.6 is 35.0 Å². The Hall–Kier alpha value is -2.22. The Kier molecular flexibility index (Phi) is 6.72. The molecule has 1 unspecified atom stereocenters. The van der Waals surface area contributed by atoms with Gasteiger partial charge in [-0.05, 0) is 30.2 Å². The Balaban J connectivity index is 1.77. The summed E-state index contributed by atoms with van der Waals surface area (Å²) < 4.78 is -0.522. The van der Waals surface area contributed by atoms with Crippen molar-refractivity contribution in [3.8, 4) is 0 Å². The Bertz CT molecular complexity index is 964. The van der Waals surface area contributed by atoms with Crippen LogP contribution in [0.1, 0.15) is 23.2 Å². The van der Waals surface area contributed by atoms with Crippen molar-refractivity contribution in [2.45, 2.75) is 22.4 Å². The van der Waals surface area contributed by atoms with Crippen LogP contribution in [0.25, 0.3) is 0 Å². The molecule has 1 aliphatic rings. The fraction of sp³-hybridized carbons (Fsp3) is 0.250. The van der Waals surface area contributed by atoms with Gasteiger partial charge in [0.05, 0.1) is 15.2 Å². The summed E-state index contributed by atoms with van der Waals surface area (Å²) in [4.78, 5) is 49.4. The predicted octanol–water partition coefficient (Wildman–Crippen LogP) is 4.95.